The molecule has 5 nitrogen and oxygen atoms in total. The number of anilines is 1. The van der Waals surface area contributed by atoms with E-state index >= 15 is 0 Å². The average molecular weight is 379 g/mol. The molecule has 0 saturated carbocycles. The van der Waals surface area contributed by atoms with Crippen molar-refractivity contribution in [3.63, 3.8) is 0 Å². The summed E-state index contributed by atoms with van der Waals surface area (Å²) in [7, 11) is 1.60. The zero-order chi connectivity index (χ0) is 20.1. The van der Waals surface area contributed by atoms with Crippen molar-refractivity contribution >= 4 is 11.6 Å². The second-order valence-corrected chi connectivity index (χ2v) is 6.54. The monoisotopic (exact) mass is 379 g/mol. The Morgan fingerprint density at radius 2 is 1.79 bits per heavy atom. The van der Waals surface area contributed by atoms with Gasteiger partial charge in [0, 0.05) is 12.2 Å². The van der Waals surface area contributed by atoms with Crippen LogP contribution in [-0.4, -0.2) is 19.6 Å². The fourth-order valence-electron chi connectivity index (χ4n) is 3.02. The fourth-order valence-corrected chi connectivity index (χ4v) is 3.02. The maximum Gasteiger partial charge on any atom is 0.293 e. The Bertz CT molecular complexity index is 961. The first-order chi connectivity index (χ1) is 13.5. The maximum atomic E-state index is 13.0. The number of rotatable bonds is 7. The summed E-state index contributed by atoms with van der Waals surface area (Å²) in [4.78, 5) is 14.7. The van der Waals surface area contributed by atoms with Crippen molar-refractivity contribution in [2.45, 2.75) is 27.4 Å². The number of hydrogen-bond acceptors (Lipinski definition) is 4. The summed E-state index contributed by atoms with van der Waals surface area (Å²) >= 11 is 0. The van der Waals surface area contributed by atoms with Gasteiger partial charge in [0.25, 0.3) is 5.91 Å². The van der Waals surface area contributed by atoms with Gasteiger partial charge >= 0.3 is 0 Å². The molecule has 3 rings (SSSR count). The number of nitrogens with zero attached hydrogens (tertiary/aromatic N) is 1. The normalized spacial score (nSPS) is 10.6. The van der Waals surface area contributed by atoms with E-state index in [4.69, 9.17) is 13.9 Å². The summed E-state index contributed by atoms with van der Waals surface area (Å²) in [5, 5.41) is 0. The molecule has 0 radical (unpaired) electrons. The van der Waals surface area contributed by atoms with Crippen LogP contribution >= 0.6 is 0 Å². The lowest BCUT2D eigenvalue weighted by Crippen LogP contribution is -2.31. The lowest BCUT2D eigenvalue weighted by molar-refractivity contribution is 0.0957. The first kappa shape index (κ1) is 19.5. The lowest BCUT2D eigenvalue weighted by atomic mass is 10.1. The molecule has 2 aromatic carbocycles. The molecule has 0 aliphatic rings. The molecule has 0 aliphatic carbocycles. The topological polar surface area (TPSA) is 51.9 Å². The molecule has 3 aromatic rings. The maximum absolute atomic E-state index is 13.0. The minimum atomic E-state index is -0.167. The third-order valence-corrected chi connectivity index (χ3v) is 4.53. The molecule has 0 unspecified atom stereocenters. The number of benzene rings is 2. The lowest BCUT2D eigenvalue weighted by Gasteiger charge is -2.22. The summed E-state index contributed by atoms with van der Waals surface area (Å²) in [6.45, 7) is 6.73. The number of furan rings is 1. The predicted molar refractivity (Wildman–Crippen MR) is 109 cm³/mol. The SMILES string of the molecule is CCN(C(=O)c1ccc(COc2ccccc2OC)o1)c1cc(C)ccc1C. The molecule has 0 bridgehead atoms. The zero-order valence-electron chi connectivity index (χ0n) is 16.7. The Labute approximate surface area is 165 Å². The van der Waals surface area contributed by atoms with Crippen LogP contribution in [0.3, 0.4) is 0 Å². The van der Waals surface area contributed by atoms with Crippen molar-refractivity contribution in [3.8, 4) is 11.5 Å². The zero-order valence-corrected chi connectivity index (χ0v) is 16.7. The van der Waals surface area contributed by atoms with Crippen LogP contribution in [0.5, 0.6) is 11.5 Å². The van der Waals surface area contributed by atoms with Gasteiger partial charge in [0.05, 0.1) is 7.11 Å². The number of aryl methyl sites for hydroxylation is 2. The van der Waals surface area contributed by atoms with E-state index < -0.39 is 0 Å². The molecule has 28 heavy (non-hydrogen) atoms. The smallest absolute Gasteiger partial charge is 0.293 e. The highest BCUT2D eigenvalue weighted by molar-refractivity contribution is 6.04. The van der Waals surface area contributed by atoms with Crippen molar-refractivity contribution in [1.82, 2.24) is 0 Å². The van der Waals surface area contributed by atoms with Gasteiger partial charge in [-0.3, -0.25) is 4.79 Å². The molecule has 0 fully saturated rings. The van der Waals surface area contributed by atoms with Gasteiger partial charge in [0.15, 0.2) is 17.3 Å². The fraction of sp³-hybridized carbons (Fsp3) is 0.261. The van der Waals surface area contributed by atoms with Crippen LogP contribution in [0.4, 0.5) is 5.69 Å². The standard InChI is InChI=1S/C23H25NO4/c1-5-24(19-14-16(2)10-11-17(19)3)23(25)22-13-12-18(28-22)15-27-21-9-7-6-8-20(21)26-4/h6-14H,5,15H2,1-4H3. The Balaban J connectivity index is 1.75. The second-order valence-electron chi connectivity index (χ2n) is 6.54. The van der Waals surface area contributed by atoms with Gasteiger partial charge in [0.1, 0.15) is 12.4 Å². The van der Waals surface area contributed by atoms with E-state index in [9.17, 15) is 4.79 Å². The van der Waals surface area contributed by atoms with Gasteiger partial charge in [-0.1, -0.05) is 24.3 Å². The van der Waals surface area contributed by atoms with E-state index in [-0.39, 0.29) is 12.5 Å². The summed E-state index contributed by atoms with van der Waals surface area (Å²) < 4.78 is 16.8. The number of methoxy groups -OCH3 is 1. The molecule has 146 valence electrons. The van der Waals surface area contributed by atoms with Crippen molar-refractivity contribution < 1.29 is 18.7 Å². The van der Waals surface area contributed by atoms with Crippen LogP contribution in [0.15, 0.2) is 59.0 Å². The van der Waals surface area contributed by atoms with E-state index in [0.29, 0.717) is 29.6 Å². The molecular formula is C23H25NO4. The quantitative estimate of drug-likeness (QED) is 0.570. The van der Waals surface area contributed by atoms with Crippen molar-refractivity contribution in [2.75, 3.05) is 18.6 Å². The third-order valence-electron chi connectivity index (χ3n) is 4.53. The Morgan fingerprint density at radius 1 is 1.04 bits per heavy atom. The predicted octanol–water partition coefficient (Wildman–Crippen LogP) is 5.15. The number of carbonyl (C=O) groups excluding carboxylic acids is 1. The van der Waals surface area contributed by atoms with Gasteiger partial charge < -0.3 is 18.8 Å². The van der Waals surface area contributed by atoms with E-state index in [1.165, 1.54) is 0 Å². The van der Waals surface area contributed by atoms with Gasteiger partial charge in [-0.15, -0.1) is 0 Å². The third kappa shape index (κ3) is 4.19. The molecule has 5 heteroatoms. The van der Waals surface area contributed by atoms with Crippen LogP contribution in [0.2, 0.25) is 0 Å². The summed E-state index contributed by atoms with van der Waals surface area (Å²) in [5.41, 5.74) is 3.06. The molecule has 1 heterocycles. The minimum absolute atomic E-state index is 0.167. The first-order valence-corrected chi connectivity index (χ1v) is 9.27. The minimum Gasteiger partial charge on any atom is -0.493 e. The Kier molecular flexibility index (Phi) is 6.04. The van der Waals surface area contributed by atoms with E-state index in [2.05, 4.69) is 0 Å². The van der Waals surface area contributed by atoms with Crippen LogP contribution < -0.4 is 14.4 Å². The van der Waals surface area contributed by atoms with Gasteiger partial charge in [-0.25, -0.2) is 0 Å². The molecule has 1 amide bonds. The summed E-state index contributed by atoms with van der Waals surface area (Å²) in [5.74, 6) is 1.98. The number of amides is 1. The number of carbonyl (C=O) groups is 1. The van der Waals surface area contributed by atoms with Crippen LogP contribution in [0, 0.1) is 13.8 Å². The van der Waals surface area contributed by atoms with Crippen LogP contribution in [-0.2, 0) is 6.61 Å². The number of hydrogen-bond donors (Lipinski definition) is 0. The molecule has 1 aromatic heterocycles. The second kappa shape index (κ2) is 8.65. The summed E-state index contributed by atoms with van der Waals surface area (Å²) in [6.07, 6.45) is 0. The highest BCUT2D eigenvalue weighted by Gasteiger charge is 2.21. The molecular weight excluding hydrogens is 354 g/mol. The largest absolute Gasteiger partial charge is 0.493 e. The van der Waals surface area contributed by atoms with Gasteiger partial charge in [0.2, 0.25) is 0 Å². The average Bonchev–Trinajstić information content (AvgIpc) is 3.18. The molecule has 0 atom stereocenters. The molecule has 0 saturated heterocycles. The van der Waals surface area contributed by atoms with E-state index in [1.54, 1.807) is 24.1 Å². The van der Waals surface area contributed by atoms with Crippen molar-refractivity contribution in [3.05, 3.63) is 77.2 Å². The van der Waals surface area contributed by atoms with E-state index in [1.807, 2.05) is 63.2 Å². The summed E-state index contributed by atoms with van der Waals surface area (Å²) in [6, 6.07) is 16.9. The number of ether oxygens (including phenoxy) is 2. The van der Waals surface area contributed by atoms with E-state index in [0.717, 1.165) is 16.8 Å². The van der Waals surface area contributed by atoms with Gasteiger partial charge in [-0.05, 0) is 62.2 Å². The van der Waals surface area contributed by atoms with Crippen molar-refractivity contribution in [2.24, 2.45) is 0 Å². The van der Waals surface area contributed by atoms with Crippen molar-refractivity contribution in [1.29, 1.82) is 0 Å². The van der Waals surface area contributed by atoms with Crippen LogP contribution in [0.1, 0.15) is 34.4 Å². The van der Waals surface area contributed by atoms with Crippen LogP contribution in [0.25, 0.3) is 0 Å². The first-order valence-electron chi connectivity index (χ1n) is 9.27. The number of para-hydroxylation sites is 2. The Morgan fingerprint density at radius 3 is 2.50 bits per heavy atom. The van der Waals surface area contributed by atoms with Gasteiger partial charge in [-0.2, -0.15) is 0 Å². The highest BCUT2D eigenvalue weighted by atomic mass is 16.5. The molecule has 0 spiro atoms. The molecule has 0 aliphatic heterocycles. The highest BCUT2D eigenvalue weighted by Crippen LogP contribution is 2.27. The molecule has 0 N–H and O–H groups in total. The Hall–Kier alpha value is -3.21.